The summed E-state index contributed by atoms with van der Waals surface area (Å²) in [6, 6.07) is 13.8. The van der Waals surface area contributed by atoms with Crippen molar-refractivity contribution >= 4 is 5.91 Å². The number of benzene rings is 2. The molecule has 0 aromatic heterocycles. The molecule has 1 fully saturated rings. The molecule has 170 valence electrons. The number of hydrogen-bond acceptors (Lipinski definition) is 7. The quantitative estimate of drug-likeness (QED) is 0.681. The Kier molecular flexibility index (Phi) is 6.05. The van der Waals surface area contributed by atoms with Gasteiger partial charge in [-0.05, 0) is 29.8 Å². The second-order valence-corrected chi connectivity index (χ2v) is 8.51. The molecule has 3 heterocycles. The average molecular weight is 440 g/mol. The van der Waals surface area contributed by atoms with Crippen LogP contribution in [0.25, 0.3) is 0 Å². The number of carbonyl (C=O) groups excluding carboxylic acids is 1. The monoisotopic (exact) mass is 439 g/mol. The number of likely N-dealkylation sites (N-methyl/N-ethyl adjacent to an activating group) is 1. The van der Waals surface area contributed by atoms with Crippen molar-refractivity contribution in [1.29, 1.82) is 0 Å². The number of piperazine rings is 1. The Morgan fingerprint density at radius 3 is 2.50 bits per heavy atom. The zero-order valence-electron chi connectivity index (χ0n) is 18.4. The Bertz CT molecular complexity index is 960. The van der Waals surface area contributed by atoms with Gasteiger partial charge in [-0.25, -0.2) is 0 Å². The molecule has 8 nitrogen and oxygen atoms in total. The number of fused-ring (bicyclic) bond motifs is 2. The van der Waals surface area contributed by atoms with Gasteiger partial charge in [0.15, 0.2) is 29.1 Å². The fourth-order valence-electron chi connectivity index (χ4n) is 4.28. The van der Waals surface area contributed by atoms with E-state index in [1.165, 1.54) is 5.56 Å². The maximum atomic E-state index is 12.8. The van der Waals surface area contributed by atoms with Gasteiger partial charge in [-0.15, -0.1) is 0 Å². The maximum Gasteiger partial charge on any atom is 0.236 e. The standard InChI is InChI=1S/C24H29N3O5/c1-25(14-19-16-29-20-4-2-3-5-22(20)32-19)24(28)15-27-10-8-26(9-11-27)13-18-6-7-21-23(12-18)31-17-30-21/h2-7,12,19H,8-11,13-17H2,1H3/t19-/m1/s1. The molecule has 0 N–H and O–H groups in total. The first-order valence-corrected chi connectivity index (χ1v) is 11.1. The average Bonchev–Trinajstić information content (AvgIpc) is 3.28. The summed E-state index contributed by atoms with van der Waals surface area (Å²) in [6.45, 7) is 6.18. The van der Waals surface area contributed by atoms with Crippen LogP contribution in [0.1, 0.15) is 5.56 Å². The van der Waals surface area contributed by atoms with Gasteiger partial charge >= 0.3 is 0 Å². The molecule has 0 unspecified atom stereocenters. The highest BCUT2D eigenvalue weighted by atomic mass is 16.7. The summed E-state index contributed by atoms with van der Waals surface area (Å²) in [4.78, 5) is 19.1. The molecular formula is C24H29N3O5. The summed E-state index contributed by atoms with van der Waals surface area (Å²) in [7, 11) is 1.84. The Hall–Kier alpha value is -2.97. The number of amides is 1. The molecule has 0 saturated carbocycles. The lowest BCUT2D eigenvalue weighted by atomic mass is 10.1. The van der Waals surface area contributed by atoms with Crippen LogP contribution in [0.2, 0.25) is 0 Å². The van der Waals surface area contributed by atoms with Crippen LogP contribution in [0.15, 0.2) is 42.5 Å². The summed E-state index contributed by atoms with van der Waals surface area (Å²) in [6.07, 6.45) is -0.155. The van der Waals surface area contributed by atoms with Gasteiger partial charge in [0.2, 0.25) is 12.7 Å². The van der Waals surface area contributed by atoms with E-state index in [4.69, 9.17) is 18.9 Å². The van der Waals surface area contributed by atoms with Gasteiger partial charge in [-0.1, -0.05) is 18.2 Å². The summed E-state index contributed by atoms with van der Waals surface area (Å²) >= 11 is 0. The van der Waals surface area contributed by atoms with Crippen LogP contribution in [0.3, 0.4) is 0 Å². The number of ether oxygens (including phenoxy) is 4. The molecule has 2 aromatic carbocycles. The highest BCUT2D eigenvalue weighted by Gasteiger charge is 2.26. The number of nitrogens with zero attached hydrogens (tertiary/aromatic N) is 3. The normalized spacial score (nSPS) is 20.2. The Labute approximate surface area is 188 Å². The van der Waals surface area contributed by atoms with Crippen LogP contribution in [0.5, 0.6) is 23.0 Å². The molecule has 0 radical (unpaired) electrons. The van der Waals surface area contributed by atoms with E-state index in [1.54, 1.807) is 4.90 Å². The smallest absolute Gasteiger partial charge is 0.236 e. The van der Waals surface area contributed by atoms with Crippen molar-refractivity contribution in [3.8, 4) is 23.0 Å². The van der Waals surface area contributed by atoms with Gasteiger partial charge in [-0.2, -0.15) is 0 Å². The molecule has 8 heteroatoms. The highest BCUT2D eigenvalue weighted by Crippen LogP contribution is 2.33. The van der Waals surface area contributed by atoms with Gasteiger partial charge < -0.3 is 23.8 Å². The maximum absolute atomic E-state index is 12.8. The molecule has 0 bridgehead atoms. The van der Waals surface area contributed by atoms with E-state index < -0.39 is 0 Å². The summed E-state index contributed by atoms with van der Waals surface area (Å²) < 4.78 is 22.6. The van der Waals surface area contributed by atoms with Crippen LogP contribution in [0, 0.1) is 0 Å². The second kappa shape index (κ2) is 9.26. The van der Waals surface area contributed by atoms with E-state index in [0.29, 0.717) is 26.5 Å². The van der Waals surface area contributed by atoms with Crippen LogP contribution in [-0.4, -0.2) is 86.4 Å². The molecule has 32 heavy (non-hydrogen) atoms. The summed E-state index contributed by atoms with van der Waals surface area (Å²) in [5, 5.41) is 0. The van der Waals surface area contributed by atoms with Gasteiger partial charge in [0.25, 0.3) is 0 Å². The second-order valence-electron chi connectivity index (χ2n) is 8.51. The van der Waals surface area contributed by atoms with Crippen LogP contribution < -0.4 is 18.9 Å². The lowest BCUT2D eigenvalue weighted by molar-refractivity contribution is -0.133. The predicted octanol–water partition coefficient (Wildman–Crippen LogP) is 1.83. The van der Waals surface area contributed by atoms with Crippen molar-refractivity contribution in [3.63, 3.8) is 0 Å². The number of hydrogen-bond donors (Lipinski definition) is 0. The van der Waals surface area contributed by atoms with Crippen LogP contribution >= 0.6 is 0 Å². The van der Waals surface area contributed by atoms with E-state index in [9.17, 15) is 4.79 Å². The summed E-state index contributed by atoms with van der Waals surface area (Å²) in [5.41, 5.74) is 1.22. The minimum Gasteiger partial charge on any atom is -0.486 e. The fraction of sp³-hybridized carbons (Fsp3) is 0.458. The first-order chi connectivity index (χ1) is 15.6. The fourth-order valence-corrected chi connectivity index (χ4v) is 4.28. The number of rotatable bonds is 6. The SMILES string of the molecule is CN(C[C@@H]1COc2ccccc2O1)C(=O)CN1CCN(Cc2ccc3c(c2)OCO3)CC1. The lowest BCUT2D eigenvalue weighted by Crippen LogP contribution is -2.50. The zero-order valence-corrected chi connectivity index (χ0v) is 18.4. The Balaban J connectivity index is 1.05. The van der Waals surface area contributed by atoms with Crippen LogP contribution in [-0.2, 0) is 11.3 Å². The van der Waals surface area contributed by atoms with Crippen molar-refractivity contribution in [2.24, 2.45) is 0 Å². The molecule has 2 aromatic rings. The number of carbonyl (C=O) groups is 1. The van der Waals surface area contributed by atoms with Crippen LogP contribution in [0.4, 0.5) is 0 Å². The first-order valence-electron chi connectivity index (χ1n) is 11.1. The molecule has 5 rings (SSSR count). The highest BCUT2D eigenvalue weighted by molar-refractivity contribution is 5.78. The third-order valence-electron chi connectivity index (χ3n) is 6.14. The molecule has 3 aliphatic rings. The molecule has 1 atom stereocenters. The van der Waals surface area contributed by atoms with Gasteiger partial charge in [0.1, 0.15) is 6.61 Å². The van der Waals surface area contributed by atoms with Gasteiger partial charge in [0, 0.05) is 39.8 Å². The zero-order chi connectivity index (χ0) is 21.9. The molecule has 1 saturated heterocycles. The Morgan fingerprint density at radius 2 is 1.66 bits per heavy atom. The predicted molar refractivity (Wildman–Crippen MR) is 118 cm³/mol. The van der Waals surface area contributed by atoms with Gasteiger partial charge in [-0.3, -0.25) is 14.6 Å². The summed E-state index contributed by atoms with van der Waals surface area (Å²) in [5.74, 6) is 3.25. The van der Waals surface area contributed by atoms with Crippen molar-refractivity contribution in [2.75, 3.05) is 59.7 Å². The minimum atomic E-state index is -0.155. The van der Waals surface area contributed by atoms with Gasteiger partial charge in [0.05, 0.1) is 13.1 Å². The van der Waals surface area contributed by atoms with Crippen molar-refractivity contribution in [3.05, 3.63) is 48.0 Å². The Morgan fingerprint density at radius 1 is 0.938 bits per heavy atom. The van der Waals surface area contributed by atoms with E-state index in [2.05, 4.69) is 21.9 Å². The van der Waals surface area contributed by atoms with E-state index in [-0.39, 0.29) is 12.0 Å². The first kappa shape index (κ1) is 20.9. The lowest BCUT2D eigenvalue weighted by Gasteiger charge is -2.35. The molecule has 0 spiro atoms. The largest absolute Gasteiger partial charge is 0.486 e. The third-order valence-corrected chi connectivity index (χ3v) is 6.14. The van der Waals surface area contributed by atoms with E-state index >= 15 is 0 Å². The minimum absolute atomic E-state index is 0.108. The van der Waals surface area contributed by atoms with Crippen molar-refractivity contribution in [2.45, 2.75) is 12.6 Å². The molecule has 0 aliphatic carbocycles. The van der Waals surface area contributed by atoms with E-state index in [1.807, 2.05) is 37.4 Å². The van der Waals surface area contributed by atoms with E-state index in [0.717, 1.165) is 55.7 Å². The number of para-hydroxylation sites is 2. The van der Waals surface area contributed by atoms with Crippen molar-refractivity contribution in [1.82, 2.24) is 14.7 Å². The molecular weight excluding hydrogens is 410 g/mol. The third kappa shape index (κ3) is 4.76. The molecule has 1 amide bonds. The topological polar surface area (TPSA) is 63.7 Å². The van der Waals surface area contributed by atoms with Crippen molar-refractivity contribution < 1.29 is 23.7 Å². The molecule has 3 aliphatic heterocycles.